The molecule has 1 heterocycles. The van der Waals surface area contributed by atoms with Crippen molar-refractivity contribution >= 4 is 21.2 Å². The molecule has 3 rings (SSSR count). The lowest BCUT2D eigenvalue weighted by molar-refractivity contribution is -0.385. The Labute approximate surface area is 153 Å². The van der Waals surface area contributed by atoms with Gasteiger partial charge in [-0.15, -0.1) is 0 Å². The van der Waals surface area contributed by atoms with Crippen LogP contribution in [-0.4, -0.2) is 32.7 Å². The zero-order valence-corrected chi connectivity index (χ0v) is 15.7. The number of anilines is 1. The summed E-state index contributed by atoms with van der Waals surface area (Å²) < 4.78 is 24.3. The molecular weight excluding hydrogens is 352 g/mol. The number of rotatable bonds is 4. The Hall–Kier alpha value is -2.41. The van der Waals surface area contributed by atoms with Crippen LogP contribution in [0.5, 0.6) is 0 Å². The van der Waals surface area contributed by atoms with Crippen LogP contribution >= 0.6 is 0 Å². The number of hydrogen-bond donors (Lipinski definition) is 0. The van der Waals surface area contributed by atoms with Crippen LogP contribution in [0.15, 0.2) is 47.4 Å². The second-order valence-electron chi connectivity index (χ2n) is 6.80. The Balaban J connectivity index is 1.85. The van der Waals surface area contributed by atoms with E-state index < -0.39 is 14.8 Å². The lowest BCUT2D eigenvalue weighted by Crippen LogP contribution is -2.34. The van der Waals surface area contributed by atoms with E-state index >= 15 is 0 Å². The topological polar surface area (TPSA) is 80.5 Å². The highest BCUT2D eigenvalue weighted by molar-refractivity contribution is 7.90. The molecule has 0 saturated carbocycles. The first-order valence-electron chi connectivity index (χ1n) is 8.56. The highest BCUT2D eigenvalue weighted by atomic mass is 32.2. The Bertz CT molecular complexity index is 932. The van der Waals surface area contributed by atoms with E-state index in [1.165, 1.54) is 17.2 Å². The fourth-order valence-electron chi connectivity index (χ4n) is 3.65. The quantitative estimate of drug-likeness (QED) is 0.602. The Kier molecular flexibility index (Phi) is 5.00. The van der Waals surface area contributed by atoms with Gasteiger partial charge in [0.05, 0.1) is 15.5 Å². The lowest BCUT2D eigenvalue weighted by atomic mass is 9.87. The molecule has 1 fully saturated rings. The van der Waals surface area contributed by atoms with Crippen molar-refractivity contribution in [3.05, 3.63) is 63.7 Å². The summed E-state index contributed by atoms with van der Waals surface area (Å²) in [7, 11) is -3.56. The molecule has 2 aromatic carbocycles. The molecule has 0 N–H and O–H groups in total. The molecular formula is C19H22N2O4S. The molecule has 7 heteroatoms. The average molecular weight is 374 g/mol. The standard InChI is InChI=1S/C19H22N2O4S/c1-14-5-3-4-6-17(14)15-9-11-20(12-10-15)18-8-7-16(21(22)23)13-19(18)26(2,24)25/h3-8,13,15H,9-12H2,1-2H3. The average Bonchev–Trinajstić information content (AvgIpc) is 2.61. The normalized spacial score (nSPS) is 15.8. The van der Waals surface area contributed by atoms with Crippen LogP contribution in [0.3, 0.4) is 0 Å². The molecule has 0 bridgehead atoms. The second kappa shape index (κ2) is 7.07. The third kappa shape index (κ3) is 3.72. The first-order chi connectivity index (χ1) is 12.3. The van der Waals surface area contributed by atoms with E-state index in [0.717, 1.165) is 38.3 Å². The molecule has 0 aromatic heterocycles. The van der Waals surface area contributed by atoms with Gasteiger partial charge in [-0.2, -0.15) is 0 Å². The highest BCUT2D eigenvalue weighted by Gasteiger charge is 2.26. The Morgan fingerprint density at radius 3 is 2.35 bits per heavy atom. The molecule has 0 radical (unpaired) electrons. The van der Waals surface area contributed by atoms with Gasteiger partial charge in [0.25, 0.3) is 5.69 Å². The van der Waals surface area contributed by atoms with Crippen LogP contribution in [0.2, 0.25) is 0 Å². The summed E-state index contributed by atoms with van der Waals surface area (Å²) in [6.07, 6.45) is 2.94. The van der Waals surface area contributed by atoms with E-state index in [0.29, 0.717) is 11.6 Å². The van der Waals surface area contributed by atoms with Crippen LogP contribution < -0.4 is 4.90 Å². The maximum absolute atomic E-state index is 12.2. The van der Waals surface area contributed by atoms with Crippen LogP contribution in [0.1, 0.15) is 29.9 Å². The fraction of sp³-hybridized carbons (Fsp3) is 0.368. The summed E-state index contributed by atoms with van der Waals surface area (Å²) in [6, 6.07) is 12.4. The van der Waals surface area contributed by atoms with Gasteiger partial charge in [0, 0.05) is 31.5 Å². The second-order valence-corrected chi connectivity index (χ2v) is 8.78. The van der Waals surface area contributed by atoms with Crippen molar-refractivity contribution < 1.29 is 13.3 Å². The van der Waals surface area contributed by atoms with Gasteiger partial charge in [-0.3, -0.25) is 10.1 Å². The number of aryl methyl sites for hydroxylation is 1. The summed E-state index contributed by atoms with van der Waals surface area (Å²) in [6.45, 7) is 3.55. The van der Waals surface area contributed by atoms with Crippen LogP contribution in [0.25, 0.3) is 0 Å². The summed E-state index contributed by atoms with van der Waals surface area (Å²) in [5, 5.41) is 11.0. The minimum atomic E-state index is -3.56. The molecule has 6 nitrogen and oxygen atoms in total. The SMILES string of the molecule is Cc1ccccc1C1CCN(c2ccc([N+](=O)[O-])cc2S(C)(=O)=O)CC1. The van der Waals surface area contributed by atoms with Crippen molar-refractivity contribution in [2.45, 2.75) is 30.6 Å². The predicted octanol–water partition coefficient (Wildman–Crippen LogP) is 3.69. The zero-order valence-electron chi connectivity index (χ0n) is 14.9. The molecule has 1 saturated heterocycles. The molecule has 1 aliphatic heterocycles. The maximum atomic E-state index is 12.2. The summed E-state index contributed by atoms with van der Waals surface area (Å²) >= 11 is 0. The molecule has 0 aliphatic carbocycles. The van der Waals surface area contributed by atoms with Crippen molar-refractivity contribution in [3.8, 4) is 0 Å². The largest absolute Gasteiger partial charge is 0.370 e. The van der Waals surface area contributed by atoms with Crippen molar-refractivity contribution in [1.82, 2.24) is 0 Å². The first kappa shape index (κ1) is 18.4. The van der Waals surface area contributed by atoms with Crippen molar-refractivity contribution in [2.75, 3.05) is 24.2 Å². The molecule has 0 amide bonds. The molecule has 2 aromatic rings. The van der Waals surface area contributed by atoms with Gasteiger partial charge < -0.3 is 4.90 Å². The third-order valence-corrected chi connectivity index (χ3v) is 6.14. The number of piperidine rings is 1. The van der Waals surface area contributed by atoms with Crippen molar-refractivity contribution in [3.63, 3.8) is 0 Å². The minimum absolute atomic E-state index is 0.0287. The molecule has 0 spiro atoms. The summed E-state index contributed by atoms with van der Waals surface area (Å²) in [5.74, 6) is 0.451. The molecule has 0 unspecified atom stereocenters. The number of nitro groups is 1. The number of non-ortho nitro benzene ring substituents is 1. The molecule has 138 valence electrons. The maximum Gasteiger partial charge on any atom is 0.270 e. The Morgan fingerprint density at radius 2 is 1.77 bits per heavy atom. The zero-order chi connectivity index (χ0) is 18.9. The monoisotopic (exact) mass is 374 g/mol. The van der Waals surface area contributed by atoms with E-state index in [2.05, 4.69) is 19.1 Å². The predicted molar refractivity (Wildman–Crippen MR) is 102 cm³/mol. The van der Waals surface area contributed by atoms with Gasteiger partial charge in [0.2, 0.25) is 0 Å². The van der Waals surface area contributed by atoms with E-state index in [-0.39, 0.29) is 10.6 Å². The number of hydrogen-bond acceptors (Lipinski definition) is 5. The van der Waals surface area contributed by atoms with Gasteiger partial charge in [0.1, 0.15) is 0 Å². The van der Waals surface area contributed by atoms with Crippen molar-refractivity contribution in [2.24, 2.45) is 0 Å². The number of nitro benzene ring substituents is 1. The van der Waals surface area contributed by atoms with E-state index in [9.17, 15) is 18.5 Å². The summed E-state index contributed by atoms with van der Waals surface area (Å²) in [4.78, 5) is 12.5. The van der Waals surface area contributed by atoms with Gasteiger partial charge >= 0.3 is 0 Å². The molecule has 1 aliphatic rings. The van der Waals surface area contributed by atoms with E-state index in [1.807, 2.05) is 17.0 Å². The number of benzene rings is 2. The smallest absolute Gasteiger partial charge is 0.270 e. The number of nitrogens with zero attached hydrogens (tertiary/aromatic N) is 2. The molecule has 0 atom stereocenters. The van der Waals surface area contributed by atoms with Crippen molar-refractivity contribution in [1.29, 1.82) is 0 Å². The van der Waals surface area contributed by atoms with Crippen LogP contribution in [0, 0.1) is 17.0 Å². The minimum Gasteiger partial charge on any atom is -0.370 e. The van der Waals surface area contributed by atoms with E-state index in [1.54, 1.807) is 6.07 Å². The fourth-order valence-corrected chi connectivity index (χ4v) is 4.56. The Morgan fingerprint density at radius 1 is 1.12 bits per heavy atom. The highest BCUT2D eigenvalue weighted by Crippen LogP contribution is 2.35. The van der Waals surface area contributed by atoms with Gasteiger partial charge in [-0.1, -0.05) is 24.3 Å². The molecule has 26 heavy (non-hydrogen) atoms. The first-order valence-corrected chi connectivity index (χ1v) is 10.5. The number of sulfone groups is 1. The third-order valence-electron chi connectivity index (χ3n) is 5.02. The van der Waals surface area contributed by atoms with Gasteiger partial charge in [-0.25, -0.2) is 8.42 Å². The van der Waals surface area contributed by atoms with Gasteiger partial charge in [-0.05, 0) is 42.9 Å². The summed E-state index contributed by atoms with van der Waals surface area (Å²) in [5.41, 5.74) is 2.97. The van der Waals surface area contributed by atoms with Crippen LogP contribution in [-0.2, 0) is 9.84 Å². The van der Waals surface area contributed by atoms with Crippen LogP contribution in [0.4, 0.5) is 11.4 Å². The van der Waals surface area contributed by atoms with E-state index in [4.69, 9.17) is 0 Å². The van der Waals surface area contributed by atoms with Gasteiger partial charge in [0.15, 0.2) is 9.84 Å². The lowest BCUT2D eigenvalue weighted by Gasteiger charge is -2.35.